The minimum absolute atomic E-state index is 0.153. The van der Waals surface area contributed by atoms with Crippen molar-refractivity contribution in [2.75, 3.05) is 24.5 Å². The SMILES string of the molecule is Cn1cc(-c2cn3nccc3c(N3CCCC(CNC(=O)C4=NC(C(C)(C)C)N=N4)CC3)n2)cn1. The quantitative estimate of drug-likeness (QED) is 0.607. The van der Waals surface area contributed by atoms with E-state index >= 15 is 0 Å². The van der Waals surface area contributed by atoms with Gasteiger partial charge in [-0.15, -0.1) is 5.11 Å². The summed E-state index contributed by atoms with van der Waals surface area (Å²) in [5.41, 5.74) is 2.64. The van der Waals surface area contributed by atoms with Crippen molar-refractivity contribution in [3.8, 4) is 11.3 Å². The number of amides is 1. The first-order chi connectivity index (χ1) is 16.8. The number of carbonyl (C=O) groups excluding carboxylic acids is 1. The molecule has 184 valence electrons. The van der Waals surface area contributed by atoms with Crippen LogP contribution in [0.5, 0.6) is 0 Å². The fourth-order valence-electron chi connectivity index (χ4n) is 4.48. The summed E-state index contributed by atoms with van der Waals surface area (Å²) >= 11 is 0. The number of hydrogen-bond donors (Lipinski definition) is 1. The van der Waals surface area contributed by atoms with Crippen molar-refractivity contribution in [1.29, 1.82) is 0 Å². The molecule has 2 atom stereocenters. The Hall–Kier alpha value is -3.63. The highest BCUT2D eigenvalue weighted by Gasteiger charge is 2.30. The first-order valence-corrected chi connectivity index (χ1v) is 12.1. The van der Waals surface area contributed by atoms with Gasteiger partial charge in [-0.1, -0.05) is 20.8 Å². The van der Waals surface area contributed by atoms with Crippen LogP contribution in [0.4, 0.5) is 5.82 Å². The molecule has 1 saturated heterocycles. The summed E-state index contributed by atoms with van der Waals surface area (Å²) in [7, 11) is 1.90. The van der Waals surface area contributed by atoms with Crippen molar-refractivity contribution >= 4 is 23.1 Å². The zero-order valence-corrected chi connectivity index (χ0v) is 20.7. The number of aliphatic imine (C=N–C) groups is 1. The van der Waals surface area contributed by atoms with Gasteiger partial charge in [0.2, 0.25) is 5.84 Å². The summed E-state index contributed by atoms with van der Waals surface area (Å²) in [5, 5.41) is 19.9. The van der Waals surface area contributed by atoms with Crippen molar-refractivity contribution in [2.24, 2.45) is 33.6 Å². The monoisotopic (exact) mass is 476 g/mol. The van der Waals surface area contributed by atoms with Crippen LogP contribution in [0.25, 0.3) is 16.8 Å². The Morgan fingerprint density at radius 3 is 2.77 bits per heavy atom. The van der Waals surface area contributed by atoms with Gasteiger partial charge in [-0.2, -0.15) is 15.3 Å². The molecule has 0 radical (unpaired) electrons. The van der Waals surface area contributed by atoms with Crippen LogP contribution in [0.3, 0.4) is 0 Å². The number of aryl methyl sites for hydroxylation is 1. The Morgan fingerprint density at radius 1 is 1.17 bits per heavy atom. The number of azo groups is 1. The molecule has 3 aromatic heterocycles. The molecule has 3 aromatic rings. The lowest BCUT2D eigenvalue weighted by molar-refractivity contribution is -0.115. The summed E-state index contributed by atoms with van der Waals surface area (Å²) < 4.78 is 3.66. The van der Waals surface area contributed by atoms with Gasteiger partial charge in [-0.05, 0) is 31.2 Å². The van der Waals surface area contributed by atoms with E-state index in [1.165, 1.54) is 0 Å². The molecule has 2 unspecified atom stereocenters. The Morgan fingerprint density at radius 2 is 2.03 bits per heavy atom. The van der Waals surface area contributed by atoms with Crippen molar-refractivity contribution in [3.05, 3.63) is 30.9 Å². The van der Waals surface area contributed by atoms with Crippen molar-refractivity contribution in [2.45, 2.75) is 46.2 Å². The molecule has 35 heavy (non-hydrogen) atoms. The van der Waals surface area contributed by atoms with Crippen LogP contribution in [0.1, 0.15) is 40.0 Å². The average molecular weight is 477 g/mol. The number of nitrogens with zero attached hydrogens (tertiary/aromatic N) is 9. The Balaban J connectivity index is 1.25. The van der Waals surface area contributed by atoms with Crippen molar-refractivity contribution in [3.63, 3.8) is 0 Å². The molecule has 1 fully saturated rings. The summed E-state index contributed by atoms with van der Waals surface area (Å²) in [6, 6.07) is 2.00. The first kappa shape index (κ1) is 23.1. The van der Waals surface area contributed by atoms with E-state index in [9.17, 15) is 4.79 Å². The number of nitrogens with one attached hydrogen (secondary N) is 1. The Kier molecular flexibility index (Phi) is 6.08. The lowest BCUT2D eigenvalue weighted by Gasteiger charge is -2.23. The zero-order valence-electron chi connectivity index (χ0n) is 20.7. The maximum absolute atomic E-state index is 12.6. The molecule has 0 spiro atoms. The van der Waals surface area contributed by atoms with Gasteiger partial charge in [-0.25, -0.2) is 14.5 Å². The minimum atomic E-state index is -0.301. The van der Waals surface area contributed by atoms with Crippen LogP contribution < -0.4 is 10.2 Å². The number of aromatic nitrogens is 5. The number of hydrogen-bond acceptors (Lipinski definition) is 8. The average Bonchev–Trinajstić information content (AvgIpc) is 3.55. The topological polar surface area (TPSA) is 117 Å². The smallest absolute Gasteiger partial charge is 0.290 e. The largest absolute Gasteiger partial charge is 0.355 e. The van der Waals surface area contributed by atoms with Gasteiger partial charge < -0.3 is 10.2 Å². The van der Waals surface area contributed by atoms with E-state index in [0.29, 0.717) is 12.5 Å². The van der Waals surface area contributed by atoms with Crippen LogP contribution >= 0.6 is 0 Å². The van der Waals surface area contributed by atoms with E-state index in [1.54, 1.807) is 10.9 Å². The molecule has 1 N–H and O–H groups in total. The highest BCUT2D eigenvalue weighted by atomic mass is 16.2. The third kappa shape index (κ3) is 4.94. The van der Waals surface area contributed by atoms with Crippen LogP contribution in [-0.4, -0.2) is 61.9 Å². The molecule has 2 aliphatic heterocycles. The van der Waals surface area contributed by atoms with Crippen LogP contribution in [0.2, 0.25) is 0 Å². The molecule has 5 heterocycles. The summed E-state index contributed by atoms with van der Waals surface area (Å²) in [5.74, 6) is 1.25. The van der Waals surface area contributed by atoms with E-state index in [1.807, 2.05) is 57.0 Å². The van der Waals surface area contributed by atoms with Crippen LogP contribution in [0.15, 0.2) is 46.1 Å². The second-order valence-electron chi connectivity index (χ2n) is 10.4. The van der Waals surface area contributed by atoms with E-state index in [4.69, 9.17) is 4.98 Å². The molecule has 0 aliphatic carbocycles. The van der Waals surface area contributed by atoms with E-state index < -0.39 is 0 Å². The van der Waals surface area contributed by atoms with E-state index in [2.05, 4.69) is 35.6 Å². The molecule has 11 nitrogen and oxygen atoms in total. The maximum Gasteiger partial charge on any atom is 0.290 e. The molecule has 0 bridgehead atoms. The highest BCUT2D eigenvalue weighted by molar-refractivity contribution is 6.38. The predicted molar refractivity (Wildman–Crippen MR) is 133 cm³/mol. The van der Waals surface area contributed by atoms with Crippen LogP contribution in [-0.2, 0) is 11.8 Å². The molecular formula is C24H32N10O. The number of fused-ring (bicyclic) bond motifs is 1. The minimum Gasteiger partial charge on any atom is -0.355 e. The number of anilines is 1. The summed E-state index contributed by atoms with van der Waals surface area (Å²) in [4.78, 5) is 24.3. The Bertz CT molecular complexity index is 1280. The first-order valence-electron chi connectivity index (χ1n) is 12.1. The second kappa shape index (κ2) is 9.20. The fourth-order valence-corrected chi connectivity index (χ4v) is 4.48. The van der Waals surface area contributed by atoms with Gasteiger partial charge in [0, 0.05) is 43.9 Å². The standard InChI is InChI=1S/C24H32N10O/c1-24(2,3)23-29-20(30-31-23)22(35)25-12-16-6-5-10-33(11-8-16)21-19-7-9-26-34(19)15-18(28-21)17-13-27-32(4)14-17/h7,9,13-16,23H,5-6,8,10-12H2,1-4H3,(H,25,35). The van der Waals surface area contributed by atoms with Gasteiger partial charge in [0.15, 0.2) is 12.0 Å². The Labute approximate surface area is 204 Å². The van der Waals surface area contributed by atoms with Crippen molar-refractivity contribution in [1.82, 2.24) is 29.7 Å². The van der Waals surface area contributed by atoms with Gasteiger partial charge in [-0.3, -0.25) is 9.48 Å². The maximum atomic E-state index is 12.6. The molecular weight excluding hydrogens is 444 g/mol. The van der Waals surface area contributed by atoms with Gasteiger partial charge in [0.1, 0.15) is 5.52 Å². The van der Waals surface area contributed by atoms with Crippen molar-refractivity contribution < 1.29 is 4.79 Å². The lowest BCUT2D eigenvalue weighted by Crippen LogP contribution is -2.34. The van der Waals surface area contributed by atoms with Gasteiger partial charge >= 0.3 is 0 Å². The molecule has 0 saturated carbocycles. The molecule has 1 amide bonds. The predicted octanol–water partition coefficient (Wildman–Crippen LogP) is 3.09. The molecule has 2 aliphatic rings. The van der Waals surface area contributed by atoms with Crippen LogP contribution in [0, 0.1) is 11.3 Å². The number of amidine groups is 1. The van der Waals surface area contributed by atoms with E-state index in [0.717, 1.165) is 54.9 Å². The molecule has 0 aromatic carbocycles. The lowest BCUT2D eigenvalue weighted by atomic mass is 9.93. The third-order valence-corrected chi connectivity index (χ3v) is 6.55. The fraction of sp³-hybridized carbons (Fsp3) is 0.542. The van der Waals surface area contributed by atoms with Gasteiger partial charge in [0.05, 0.1) is 24.3 Å². The third-order valence-electron chi connectivity index (χ3n) is 6.55. The molecule has 11 heteroatoms. The molecule has 5 rings (SSSR count). The summed E-state index contributed by atoms with van der Waals surface area (Å²) in [6.07, 6.45) is 10.2. The normalized spacial score (nSPS) is 20.8. The zero-order chi connectivity index (χ0) is 24.6. The van der Waals surface area contributed by atoms with Gasteiger partial charge in [0.25, 0.3) is 5.91 Å². The highest BCUT2D eigenvalue weighted by Crippen LogP contribution is 2.29. The van der Waals surface area contributed by atoms with E-state index in [-0.39, 0.29) is 23.3 Å². The number of carbonyl (C=O) groups is 1. The number of rotatable bonds is 5. The second-order valence-corrected chi connectivity index (χ2v) is 10.4. The summed E-state index contributed by atoms with van der Waals surface area (Å²) in [6.45, 7) is 8.49.